The molecular weight excluding hydrogens is 449 g/mol. The predicted molar refractivity (Wildman–Crippen MR) is 132 cm³/mol. The van der Waals surface area contributed by atoms with Gasteiger partial charge in [-0.3, -0.25) is 0 Å². The van der Waals surface area contributed by atoms with Crippen molar-refractivity contribution in [3.63, 3.8) is 0 Å². The van der Waals surface area contributed by atoms with Crippen molar-refractivity contribution >= 4 is 0 Å². The van der Waals surface area contributed by atoms with E-state index in [1.54, 1.807) is 24.3 Å². The SMILES string of the molecule is C/C=C/COc1ccc(C#Cc2ccc(C3CCC4CC(OCC)CCC4C3)cc2F)c(F)c1F. The Kier molecular flexibility index (Phi) is 8.57. The average Bonchev–Trinajstić information content (AvgIpc) is 2.86. The lowest BCUT2D eigenvalue weighted by molar-refractivity contribution is -0.00956. The van der Waals surface area contributed by atoms with E-state index in [2.05, 4.69) is 18.8 Å². The zero-order valence-electron chi connectivity index (χ0n) is 20.5. The fourth-order valence-electron chi connectivity index (χ4n) is 5.53. The molecule has 2 aliphatic carbocycles. The molecule has 0 aromatic heterocycles. The van der Waals surface area contributed by atoms with E-state index in [-0.39, 0.29) is 23.5 Å². The maximum absolute atomic E-state index is 14.9. The first-order chi connectivity index (χ1) is 17.0. The lowest BCUT2D eigenvalue weighted by Crippen LogP contribution is -2.33. The number of hydrogen-bond donors (Lipinski definition) is 0. The van der Waals surface area contributed by atoms with Crippen molar-refractivity contribution in [3.8, 4) is 17.6 Å². The van der Waals surface area contributed by atoms with E-state index in [1.165, 1.54) is 18.6 Å². The van der Waals surface area contributed by atoms with Gasteiger partial charge in [0.05, 0.1) is 17.2 Å². The fourth-order valence-corrected chi connectivity index (χ4v) is 5.53. The first kappa shape index (κ1) is 25.4. The minimum absolute atomic E-state index is 0.134. The summed E-state index contributed by atoms with van der Waals surface area (Å²) in [4.78, 5) is 0. The van der Waals surface area contributed by atoms with Crippen molar-refractivity contribution in [3.05, 3.63) is 76.6 Å². The minimum Gasteiger partial charge on any atom is -0.486 e. The van der Waals surface area contributed by atoms with Crippen LogP contribution in [0.1, 0.15) is 75.0 Å². The van der Waals surface area contributed by atoms with Gasteiger partial charge in [-0.1, -0.05) is 30.1 Å². The van der Waals surface area contributed by atoms with Crippen LogP contribution in [0.5, 0.6) is 5.75 Å². The van der Waals surface area contributed by atoms with Crippen LogP contribution in [0.3, 0.4) is 0 Å². The van der Waals surface area contributed by atoms with Crippen LogP contribution in [0.4, 0.5) is 13.2 Å². The minimum atomic E-state index is -1.09. The lowest BCUT2D eigenvalue weighted by Gasteiger charge is -2.42. The van der Waals surface area contributed by atoms with Gasteiger partial charge in [0.1, 0.15) is 12.4 Å². The van der Waals surface area contributed by atoms with Gasteiger partial charge in [-0.25, -0.2) is 8.78 Å². The summed E-state index contributed by atoms with van der Waals surface area (Å²) in [6, 6.07) is 7.83. The predicted octanol–water partition coefficient (Wildman–Crippen LogP) is 7.55. The van der Waals surface area contributed by atoms with Crippen molar-refractivity contribution in [2.45, 2.75) is 64.4 Å². The van der Waals surface area contributed by atoms with E-state index >= 15 is 0 Å². The molecule has 4 unspecified atom stereocenters. The third-order valence-corrected chi connectivity index (χ3v) is 7.38. The van der Waals surface area contributed by atoms with Gasteiger partial charge in [-0.05, 0) is 100.0 Å². The standard InChI is InChI=1S/C30H33F3O2/c1-3-5-16-35-28-15-13-21(29(32)30(28)33)8-6-20-7-9-25(19-27(20)31)22-10-11-24-18-26(34-4-2)14-12-23(24)17-22/h3,5,7,9,13,15,19,22-24,26H,4,10-12,14,16-18H2,1-2H3/b5-3+. The summed E-state index contributed by atoms with van der Waals surface area (Å²) in [6.45, 7) is 4.78. The first-order valence-corrected chi connectivity index (χ1v) is 12.6. The van der Waals surface area contributed by atoms with Gasteiger partial charge >= 0.3 is 0 Å². The van der Waals surface area contributed by atoms with E-state index in [0.29, 0.717) is 23.9 Å². The van der Waals surface area contributed by atoms with Crippen LogP contribution in [0, 0.1) is 41.1 Å². The zero-order chi connectivity index (χ0) is 24.8. The molecule has 2 aromatic rings. The van der Waals surface area contributed by atoms with Gasteiger partial charge in [0, 0.05) is 6.61 Å². The van der Waals surface area contributed by atoms with Gasteiger partial charge in [-0.2, -0.15) is 4.39 Å². The molecule has 2 nitrogen and oxygen atoms in total. The van der Waals surface area contributed by atoms with Gasteiger partial charge in [0.15, 0.2) is 11.6 Å². The molecule has 2 saturated carbocycles. The number of allylic oxidation sites excluding steroid dienone is 1. The van der Waals surface area contributed by atoms with Crippen LogP contribution < -0.4 is 4.74 Å². The highest BCUT2D eigenvalue weighted by atomic mass is 19.2. The molecule has 0 spiro atoms. The average molecular weight is 483 g/mol. The maximum atomic E-state index is 14.9. The van der Waals surface area contributed by atoms with Gasteiger partial charge in [-0.15, -0.1) is 0 Å². The number of ether oxygens (including phenoxy) is 2. The summed E-state index contributed by atoms with van der Waals surface area (Å²) in [5.74, 6) is 4.17. The quantitative estimate of drug-likeness (QED) is 0.313. The van der Waals surface area contributed by atoms with Crippen LogP contribution in [-0.2, 0) is 4.74 Å². The van der Waals surface area contributed by atoms with Crippen molar-refractivity contribution in [2.24, 2.45) is 11.8 Å². The van der Waals surface area contributed by atoms with Crippen LogP contribution >= 0.6 is 0 Å². The molecule has 35 heavy (non-hydrogen) atoms. The zero-order valence-corrected chi connectivity index (χ0v) is 20.5. The molecule has 0 amide bonds. The van der Waals surface area contributed by atoms with Crippen molar-refractivity contribution in [1.29, 1.82) is 0 Å². The molecule has 186 valence electrons. The summed E-state index contributed by atoms with van der Waals surface area (Å²) < 4.78 is 54.6. The van der Waals surface area contributed by atoms with E-state index in [4.69, 9.17) is 9.47 Å². The molecule has 0 aliphatic heterocycles. The van der Waals surface area contributed by atoms with Crippen LogP contribution in [0.15, 0.2) is 42.5 Å². The number of hydrogen-bond acceptors (Lipinski definition) is 2. The topological polar surface area (TPSA) is 18.5 Å². The summed E-state index contributed by atoms with van der Waals surface area (Å²) in [5, 5.41) is 0. The van der Waals surface area contributed by atoms with Crippen LogP contribution in [0.2, 0.25) is 0 Å². The smallest absolute Gasteiger partial charge is 0.201 e. The Morgan fingerprint density at radius 1 is 0.914 bits per heavy atom. The largest absolute Gasteiger partial charge is 0.486 e. The highest BCUT2D eigenvalue weighted by Crippen LogP contribution is 2.46. The third-order valence-electron chi connectivity index (χ3n) is 7.38. The summed E-state index contributed by atoms with van der Waals surface area (Å²) >= 11 is 0. The summed E-state index contributed by atoms with van der Waals surface area (Å²) in [6.07, 6.45) is 10.6. The fraction of sp³-hybridized carbons (Fsp3) is 0.467. The maximum Gasteiger partial charge on any atom is 0.201 e. The van der Waals surface area contributed by atoms with Crippen LogP contribution in [-0.4, -0.2) is 19.3 Å². The van der Waals surface area contributed by atoms with Gasteiger partial charge < -0.3 is 9.47 Å². The highest BCUT2D eigenvalue weighted by Gasteiger charge is 2.36. The van der Waals surface area contributed by atoms with E-state index in [9.17, 15) is 13.2 Å². The molecule has 4 rings (SSSR count). The van der Waals surface area contributed by atoms with Gasteiger partial charge in [0.2, 0.25) is 5.82 Å². The second kappa shape index (κ2) is 11.8. The Balaban J connectivity index is 1.42. The Hall–Kier alpha value is -2.71. The van der Waals surface area contributed by atoms with Crippen molar-refractivity contribution < 1.29 is 22.6 Å². The molecule has 2 aliphatic rings. The van der Waals surface area contributed by atoms with E-state index in [1.807, 2.05) is 13.0 Å². The summed E-state index contributed by atoms with van der Waals surface area (Å²) in [5.41, 5.74) is 1.04. The number of benzene rings is 2. The number of rotatable bonds is 6. The van der Waals surface area contributed by atoms with E-state index < -0.39 is 17.5 Å². The molecular formula is C30H33F3O2. The molecule has 2 fully saturated rings. The molecule has 0 bridgehead atoms. The van der Waals surface area contributed by atoms with Crippen molar-refractivity contribution in [2.75, 3.05) is 13.2 Å². The second-order valence-electron chi connectivity index (χ2n) is 9.53. The number of fused-ring (bicyclic) bond motifs is 1. The first-order valence-electron chi connectivity index (χ1n) is 12.6. The monoisotopic (exact) mass is 482 g/mol. The second-order valence-corrected chi connectivity index (χ2v) is 9.53. The third kappa shape index (κ3) is 6.11. The van der Waals surface area contributed by atoms with Gasteiger partial charge in [0.25, 0.3) is 0 Å². The molecule has 0 heterocycles. The summed E-state index contributed by atoms with van der Waals surface area (Å²) in [7, 11) is 0. The highest BCUT2D eigenvalue weighted by molar-refractivity contribution is 5.47. The van der Waals surface area contributed by atoms with Crippen LogP contribution in [0.25, 0.3) is 0 Å². The Bertz CT molecular complexity index is 1110. The van der Waals surface area contributed by atoms with E-state index in [0.717, 1.165) is 44.3 Å². The molecule has 0 radical (unpaired) electrons. The molecule has 4 atom stereocenters. The number of halogens is 3. The Morgan fingerprint density at radius 3 is 2.43 bits per heavy atom. The molecule has 0 N–H and O–H groups in total. The molecule has 0 saturated heterocycles. The Labute approximate surface area is 206 Å². The normalized spacial score (nSPS) is 24.0. The molecule has 2 aromatic carbocycles. The Morgan fingerprint density at radius 2 is 1.66 bits per heavy atom. The van der Waals surface area contributed by atoms with Crippen molar-refractivity contribution in [1.82, 2.24) is 0 Å². The lowest BCUT2D eigenvalue weighted by atomic mass is 9.65. The molecule has 5 heteroatoms.